The minimum Gasteiger partial charge on any atom is -0.486 e. The van der Waals surface area contributed by atoms with Gasteiger partial charge < -0.3 is 20.3 Å². The van der Waals surface area contributed by atoms with Crippen molar-refractivity contribution < 1.29 is 19.7 Å². The van der Waals surface area contributed by atoms with Crippen LogP contribution in [-0.4, -0.2) is 44.8 Å². The molecule has 0 unspecified atom stereocenters. The third-order valence-corrected chi connectivity index (χ3v) is 4.78. The molecule has 5 nitrogen and oxygen atoms in total. The fraction of sp³-hybridized carbons (Fsp3) is 0.462. The largest absolute Gasteiger partial charge is 0.486 e. The van der Waals surface area contributed by atoms with E-state index in [0.29, 0.717) is 17.2 Å². The maximum atomic E-state index is 10.9. The van der Waals surface area contributed by atoms with Crippen LogP contribution in [0.4, 0.5) is 5.69 Å². The van der Waals surface area contributed by atoms with Gasteiger partial charge in [0.05, 0.1) is 10.7 Å². The summed E-state index contributed by atoms with van der Waals surface area (Å²) in [7, 11) is 0. The van der Waals surface area contributed by atoms with Gasteiger partial charge in [-0.3, -0.25) is 4.79 Å². The highest BCUT2D eigenvalue weighted by Crippen LogP contribution is 2.32. The number of hydrogen-bond donors (Lipinski definition) is 4. The van der Waals surface area contributed by atoms with E-state index in [9.17, 15) is 15.0 Å². The Morgan fingerprint density at radius 2 is 2.05 bits per heavy atom. The fourth-order valence-corrected chi connectivity index (χ4v) is 3.38. The van der Waals surface area contributed by atoms with Crippen molar-refractivity contribution in [3.8, 4) is 5.75 Å². The molecular weight excluding hydrogens is 298 g/mol. The van der Waals surface area contributed by atoms with Gasteiger partial charge in [0.1, 0.15) is 18.0 Å². The number of hydrogen-bond acceptors (Lipinski definition) is 6. The second kappa shape index (κ2) is 6.71. The van der Waals surface area contributed by atoms with Crippen molar-refractivity contribution in [1.82, 2.24) is 0 Å². The van der Waals surface area contributed by atoms with E-state index in [1.165, 1.54) is 18.7 Å². The minimum atomic E-state index is -0.964. The Labute approximate surface area is 127 Å². The molecule has 1 aliphatic rings. The summed E-state index contributed by atoms with van der Waals surface area (Å²) in [6.45, 7) is 1.44. The molecule has 7 heteroatoms. The fourth-order valence-electron chi connectivity index (χ4n) is 1.88. The average molecular weight is 315 g/mol. The van der Waals surface area contributed by atoms with Gasteiger partial charge in [-0.1, -0.05) is 0 Å². The molecule has 20 heavy (non-hydrogen) atoms. The van der Waals surface area contributed by atoms with E-state index in [0.717, 1.165) is 0 Å². The molecule has 0 saturated carbocycles. The van der Waals surface area contributed by atoms with E-state index in [4.69, 9.17) is 4.74 Å². The van der Waals surface area contributed by atoms with E-state index in [2.05, 4.69) is 17.9 Å². The van der Waals surface area contributed by atoms with Crippen molar-refractivity contribution in [1.29, 1.82) is 0 Å². The summed E-state index contributed by atoms with van der Waals surface area (Å²) in [5.74, 6) is 0.852. The Bertz CT molecular complexity index is 468. The number of aliphatic hydroxyl groups is 2. The molecular formula is C13H17NO4S2. The van der Waals surface area contributed by atoms with Crippen LogP contribution >= 0.6 is 24.4 Å². The molecule has 4 atom stereocenters. The molecule has 0 aliphatic carbocycles. The number of thiol groups is 1. The molecule has 1 aromatic carbocycles. The van der Waals surface area contributed by atoms with Crippen molar-refractivity contribution in [3.63, 3.8) is 0 Å². The summed E-state index contributed by atoms with van der Waals surface area (Å²) in [5.41, 5.74) is 0.672. The molecule has 1 saturated heterocycles. The van der Waals surface area contributed by atoms with Gasteiger partial charge in [-0.15, -0.1) is 11.8 Å². The first-order chi connectivity index (χ1) is 9.47. The number of nitrogens with one attached hydrogen (secondary N) is 1. The summed E-state index contributed by atoms with van der Waals surface area (Å²) >= 11 is 5.80. The van der Waals surface area contributed by atoms with Crippen molar-refractivity contribution in [2.24, 2.45) is 0 Å². The zero-order valence-electron chi connectivity index (χ0n) is 10.9. The summed E-state index contributed by atoms with van der Waals surface area (Å²) in [6, 6.07) is 6.82. The van der Waals surface area contributed by atoms with Gasteiger partial charge in [-0.05, 0) is 24.3 Å². The Balaban J connectivity index is 2.03. The maximum Gasteiger partial charge on any atom is 0.221 e. The molecule has 1 aliphatic heterocycles. The topological polar surface area (TPSA) is 78.8 Å². The van der Waals surface area contributed by atoms with Crippen LogP contribution < -0.4 is 10.1 Å². The monoisotopic (exact) mass is 315 g/mol. The molecule has 0 spiro atoms. The summed E-state index contributed by atoms with van der Waals surface area (Å²) in [5, 5.41) is 22.3. The van der Waals surface area contributed by atoms with Gasteiger partial charge in [0.15, 0.2) is 0 Å². The van der Waals surface area contributed by atoms with Gasteiger partial charge in [-0.25, -0.2) is 0 Å². The van der Waals surface area contributed by atoms with Gasteiger partial charge in [-0.2, -0.15) is 12.6 Å². The number of carbonyl (C=O) groups is 1. The van der Waals surface area contributed by atoms with Crippen LogP contribution in [-0.2, 0) is 4.79 Å². The standard InChI is InChI=1S/C13H17NO4S2/c1-7(15)14-8-2-4-9(5-3-8)18-12-11(17)10(16)6-20-13(12)19/h2-5,10-13,16-17,19H,6H2,1H3,(H,14,15)/t10-,11+,12-,13-/m1/s1. The zero-order valence-corrected chi connectivity index (χ0v) is 12.6. The Hall–Kier alpha value is -0.890. The normalized spacial score (nSPS) is 29.8. The predicted molar refractivity (Wildman–Crippen MR) is 82.4 cm³/mol. The van der Waals surface area contributed by atoms with Gasteiger partial charge >= 0.3 is 0 Å². The highest BCUT2D eigenvalue weighted by Gasteiger charge is 2.38. The smallest absolute Gasteiger partial charge is 0.221 e. The predicted octanol–water partition coefficient (Wildman–Crippen LogP) is 1.12. The van der Waals surface area contributed by atoms with Gasteiger partial charge in [0, 0.05) is 18.4 Å². The van der Waals surface area contributed by atoms with Crippen LogP contribution in [0.2, 0.25) is 0 Å². The third kappa shape index (κ3) is 3.82. The van der Waals surface area contributed by atoms with Gasteiger partial charge in [0.25, 0.3) is 0 Å². The number of anilines is 1. The number of carbonyl (C=O) groups excluding carboxylic acids is 1. The van der Waals surface area contributed by atoms with Crippen molar-refractivity contribution >= 4 is 36.0 Å². The lowest BCUT2D eigenvalue weighted by Crippen LogP contribution is -2.50. The zero-order chi connectivity index (χ0) is 14.7. The van der Waals surface area contributed by atoms with Crippen LogP contribution in [0.1, 0.15) is 6.92 Å². The lowest BCUT2D eigenvalue weighted by Gasteiger charge is -2.35. The first-order valence-corrected chi connectivity index (χ1v) is 7.74. The van der Waals surface area contributed by atoms with Crippen LogP contribution in [0.25, 0.3) is 0 Å². The van der Waals surface area contributed by atoms with E-state index in [1.54, 1.807) is 24.3 Å². The van der Waals surface area contributed by atoms with Crippen molar-refractivity contribution in [2.75, 3.05) is 11.1 Å². The lowest BCUT2D eigenvalue weighted by atomic mass is 10.1. The van der Waals surface area contributed by atoms with E-state index >= 15 is 0 Å². The highest BCUT2D eigenvalue weighted by atomic mass is 32.2. The van der Waals surface area contributed by atoms with Crippen LogP contribution in [0, 0.1) is 0 Å². The molecule has 0 bridgehead atoms. The summed E-state index contributed by atoms with van der Waals surface area (Å²) in [4.78, 5) is 10.9. The first-order valence-electron chi connectivity index (χ1n) is 6.17. The van der Waals surface area contributed by atoms with E-state index in [-0.39, 0.29) is 10.5 Å². The summed E-state index contributed by atoms with van der Waals surface area (Å²) < 4.78 is 5.49. The van der Waals surface area contributed by atoms with Crippen molar-refractivity contribution in [3.05, 3.63) is 24.3 Å². The van der Waals surface area contributed by atoms with Gasteiger partial charge in [0.2, 0.25) is 5.91 Å². The molecule has 1 heterocycles. The number of rotatable bonds is 3. The highest BCUT2D eigenvalue weighted by molar-refractivity contribution is 8.10. The van der Waals surface area contributed by atoms with Crippen LogP contribution in [0.15, 0.2) is 24.3 Å². The Kier molecular flexibility index (Phi) is 5.20. The number of ether oxygens (including phenoxy) is 1. The Morgan fingerprint density at radius 1 is 1.40 bits per heavy atom. The second-order valence-corrected chi connectivity index (χ2v) is 6.65. The SMILES string of the molecule is CC(=O)Nc1ccc(O[C@@H]2[C@@H](O)[C@H](O)CS[C@H]2S)cc1. The molecule has 0 aromatic heterocycles. The molecule has 2 rings (SSSR count). The average Bonchev–Trinajstić information content (AvgIpc) is 2.40. The van der Waals surface area contributed by atoms with Crippen molar-refractivity contribution in [2.45, 2.75) is 29.8 Å². The Morgan fingerprint density at radius 3 is 2.65 bits per heavy atom. The van der Waals surface area contributed by atoms with E-state index in [1.807, 2.05) is 0 Å². The summed E-state index contributed by atoms with van der Waals surface area (Å²) in [6.07, 6.45) is -2.36. The quantitative estimate of drug-likeness (QED) is 0.629. The maximum absolute atomic E-state index is 10.9. The molecule has 1 aromatic rings. The van der Waals surface area contributed by atoms with Crippen LogP contribution in [0.5, 0.6) is 5.75 Å². The number of benzene rings is 1. The number of thioether (sulfide) groups is 1. The molecule has 0 radical (unpaired) electrons. The third-order valence-electron chi connectivity index (χ3n) is 2.90. The molecule has 3 N–H and O–H groups in total. The molecule has 1 fully saturated rings. The lowest BCUT2D eigenvalue weighted by molar-refractivity contribution is -0.114. The number of aliphatic hydroxyl groups excluding tert-OH is 2. The first kappa shape index (κ1) is 15.5. The molecule has 1 amide bonds. The van der Waals surface area contributed by atoms with E-state index < -0.39 is 18.3 Å². The van der Waals surface area contributed by atoms with Crippen LogP contribution in [0.3, 0.4) is 0 Å². The number of amides is 1. The second-order valence-electron chi connectivity index (χ2n) is 4.57. The minimum absolute atomic E-state index is 0.142. The molecule has 110 valence electrons.